The molecule has 1 N–H and O–H groups in total. The maximum Gasteiger partial charge on any atom is 0.339 e. The van der Waals surface area contributed by atoms with Gasteiger partial charge in [0.15, 0.2) is 0 Å². The van der Waals surface area contributed by atoms with E-state index < -0.39 is 5.97 Å². The van der Waals surface area contributed by atoms with Crippen LogP contribution in [0.3, 0.4) is 0 Å². The molecule has 0 radical (unpaired) electrons. The largest absolute Gasteiger partial charge is 0.503 e. The van der Waals surface area contributed by atoms with Gasteiger partial charge in [0.1, 0.15) is 29.0 Å². The Bertz CT molecular complexity index is 1150. The van der Waals surface area contributed by atoms with E-state index in [1.165, 1.54) is 13.2 Å². The zero-order valence-electron chi connectivity index (χ0n) is 16.2. The van der Waals surface area contributed by atoms with E-state index in [4.69, 9.17) is 14.2 Å². The Balaban J connectivity index is 1.95. The van der Waals surface area contributed by atoms with E-state index in [2.05, 4.69) is 16.0 Å². The predicted octanol–water partition coefficient (Wildman–Crippen LogP) is 4.31. The molecule has 3 aromatic rings. The number of carbonyl (C=O) groups is 1. The van der Waals surface area contributed by atoms with E-state index in [9.17, 15) is 15.2 Å². The molecule has 150 valence electrons. The summed E-state index contributed by atoms with van der Waals surface area (Å²) in [5, 5.41) is 18.7. The number of aromatic nitrogens is 2. The Morgan fingerprint density at radius 3 is 2.27 bits per heavy atom. The highest BCUT2D eigenvalue weighted by Crippen LogP contribution is 2.32. The van der Waals surface area contributed by atoms with Gasteiger partial charge in [0.05, 0.1) is 25.0 Å². The molecular weight excluding hydrogens is 386 g/mol. The van der Waals surface area contributed by atoms with Gasteiger partial charge < -0.3 is 19.3 Å². The van der Waals surface area contributed by atoms with Gasteiger partial charge in [-0.15, -0.1) is 0 Å². The molecule has 0 unspecified atom stereocenters. The Morgan fingerprint density at radius 1 is 1.03 bits per heavy atom. The second kappa shape index (κ2) is 9.21. The number of hydrogen-bond acceptors (Lipinski definition) is 7. The van der Waals surface area contributed by atoms with Gasteiger partial charge in [-0.05, 0) is 25.1 Å². The number of aliphatic carboxylic acids is 1. The van der Waals surface area contributed by atoms with Crippen LogP contribution in [0.4, 0.5) is 0 Å². The van der Waals surface area contributed by atoms with Crippen molar-refractivity contribution in [1.82, 2.24) is 9.97 Å². The second-order valence-electron chi connectivity index (χ2n) is 5.97. The molecule has 0 aliphatic carbocycles. The molecule has 0 atom stereocenters. The maximum atomic E-state index is 11.6. The third-order valence-electron chi connectivity index (χ3n) is 3.87. The number of hydrogen-bond donors (Lipinski definition) is 1. The minimum Gasteiger partial charge on any atom is -0.503 e. The zero-order valence-corrected chi connectivity index (χ0v) is 16.2. The second-order valence-corrected chi connectivity index (χ2v) is 5.97. The van der Waals surface area contributed by atoms with E-state index >= 15 is 0 Å². The first-order chi connectivity index (χ1) is 14.5. The highest BCUT2D eigenvalue weighted by molar-refractivity contribution is 6.15. The van der Waals surface area contributed by atoms with Gasteiger partial charge in [0.25, 0.3) is 0 Å². The van der Waals surface area contributed by atoms with E-state index in [1.54, 1.807) is 55.5 Å². The van der Waals surface area contributed by atoms with Crippen molar-refractivity contribution in [2.24, 2.45) is 0 Å². The number of nitrogens with zero attached hydrogens (tertiary/aromatic N) is 3. The van der Waals surface area contributed by atoms with Crippen molar-refractivity contribution in [2.45, 2.75) is 6.92 Å². The van der Waals surface area contributed by atoms with Crippen molar-refractivity contribution in [1.29, 1.82) is 5.26 Å². The lowest BCUT2D eigenvalue weighted by molar-refractivity contribution is -0.130. The number of ether oxygens (including phenoxy) is 3. The number of rotatable bonds is 7. The highest BCUT2D eigenvalue weighted by Gasteiger charge is 2.17. The summed E-state index contributed by atoms with van der Waals surface area (Å²) in [4.78, 5) is 20.0. The first-order valence-electron chi connectivity index (χ1n) is 8.78. The predicted molar refractivity (Wildman–Crippen MR) is 107 cm³/mol. The first kappa shape index (κ1) is 20.4. The Kier molecular flexibility index (Phi) is 6.25. The molecule has 30 heavy (non-hydrogen) atoms. The van der Waals surface area contributed by atoms with Crippen molar-refractivity contribution in [3.05, 3.63) is 77.8 Å². The van der Waals surface area contributed by atoms with E-state index in [0.717, 1.165) is 6.26 Å². The number of carboxylic acid groups (broad SMARTS) is 1. The standard InChI is InChI=1S/C22H17N3O5/c1-14-24-20(29-18-9-5-3-7-15(18)12-23)11-21(25-14)30-19-10-6-4-8-16(19)17(13-28-2)22(26)27/h3-11,13H,1-2H3,(H,26,27)/b17-13+. The van der Waals surface area contributed by atoms with Crippen LogP contribution in [0.25, 0.3) is 5.57 Å². The molecule has 8 heteroatoms. The van der Waals surface area contributed by atoms with Crippen LogP contribution in [0.15, 0.2) is 60.9 Å². The number of benzene rings is 2. The fourth-order valence-electron chi connectivity index (χ4n) is 2.62. The molecule has 1 heterocycles. The third kappa shape index (κ3) is 4.72. The molecule has 3 rings (SSSR count). The monoisotopic (exact) mass is 403 g/mol. The lowest BCUT2D eigenvalue weighted by atomic mass is 10.1. The van der Waals surface area contributed by atoms with Crippen LogP contribution in [0.2, 0.25) is 0 Å². The Labute approximate surface area is 172 Å². The molecule has 0 aliphatic rings. The van der Waals surface area contributed by atoms with Gasteiger partial charge in [-0.2, -0.15) is 15.2 Å². The molecule has 0 saturated heterocycles. The molecular formula is C22H17N3O5. The normalized spacial score (nSPS) is 10.8. The van der Waals surface area contributed by atoms with Gasteiger partial charge in [0.2, 0.25) is 11.8 Å². The minimum atomic E-state index is -1.16. The number of methoxy groups -OCH3 is 1. The van der Waals surface area contributed by atoms with Crippen LogP contribution < -0.4 is 9.47 Å². The molecule has 8 nitrogen and oxygen atoms in total. The van der Waals surface area contributed by atoms with Crippen molar-refractivity contribution in [2.75, 3.05) is 7.11 Å². The maximum absolute atomic E-state index is 11.6. The van der Waals surface area contributed by atoms with E-state index in [-0.39, 0.29) is 23.1 Å². The summed E-state index contributed by atoms with van der Waals surface area (Å²) in [5.74, 6) is 0.166. The number of carboxylic acids is 1. The summed E-state index contributed by atoms with van der Waals surface area (Å²) < 4.78 is 16.5. The summed E-state index contributed by atoms with van der Waals surface area (Å²) in [6, 6.07) is 16.9. The van der Waals surface area contributed by atoms with Gasteiger partial charge in [0, 0.05) is 5.56 Å². The molecule has 1 aromatic heterocycles. The summed E-state index contributed by atoms with van der Waals surface area (Å²) >= 11 is 0. The fourth-order valence-corrected chi connectivity index (χ4v) is 2.62. The van der Waals surface area contributed by atoms with E-state index in [0.29, 0.717) is 22.7 Å². The molecule has 0 bridgehead atoms. The van der Waals surface area contributed by atoms with Crippen LogP contribution in [-0.4, -0.2) is 28.2 Å². The van der Waals surface area contributed by atoms with Crippen molar-refractivity contribution >= 4 is 11.5 Å². The fraction of sp³-hybridized carbons (Fsp3) is 0.0909. The van der Waals surface area contributed by atoms with Crippen molar-refractivity contribution in [3.8, 4) is 29.3 Å². The molecule has 0 fully saturated rings. The Morgan fingerprint density at radius 2 is 1.63 bits per heavy atom. The molecule has 0 saturated carbocycles. The molecule has 0 spiro atoms. The van der Waals surface area contributed by atoms with Gasteiger partial charge in [-0.25, -0.2) is 4.79 Å². The average Bonchev–Trinajstić information content (AvgIpc) is 2.72. The van der Waals surface area contributed by atoms with Crippen LogP contribution >= 0.6 is 0 Å². The molecule has 2 aromatic carbocycles. The Hall–Kier alpha value is -4.38. The van der Waals surface area contributed by atoms with Gasteiger partial charge in [-0.1, -0.05) is 30.3 Å². The zero-order chi connectivity index (χ0) is 21.5. The molecule has 0 aliphatic heterocycles. The summed E-state index contributed by atoms with van der Waals surface area (Å²) in [5.41, 5.74) is 0.607. The minimum absolute atomic E-state index is 0.0710. The van der Waals surface area contributed by atoms with Crippen LogP contribution in [0.5, 0.6) is 23.3 Å². The van der Waals surface area contributed by atoms with Crippen LogP contribution in [0, 0.1) is 18.3 Å². The summed E-state index contributed by atoms with van der Waals surface area (Å²) in [6.07, 6.45) is 1.13. The lowest BCUT2D eigenvalue weighted by Gasteiger charge is -2.12. The van der Waals surface area contributed by atoms with Crippen molar-refractivity contribution < 1.29 is 24.1 Å². The summed E-state index contributed by atoms with van der Waals surface area (Å²) in [7, 11) is 1.36. The van der Waals surface area contributed by atoms with Crippen LogP contribution in [0.1, 0.15) is 17.0 Å². The smallest absolute Gasteiger partial charge is 0.339 e. The van der Waals surface area contributed by atoms with E-state index in [1.807, 2.05) is 0 Å². The number of nitriles is 1. The third-order valence-corrected chi connectivity index (χ3v) is 3.87. The van der Waals surface area contributed by atoms with Gasteiger partial charge in [-0.3, -0.25) is 0 Å². The summed E-state index contributed by atoms with van der Waals surface area (Å²) in [6.45, 7) is 1.66. The van der Waals surface area contributed by atoms with Gasteiger partial charge >= 0.3 is 5.97 Å². The number of para-hydroxylation sites is 2. The lowest BCUT2D eigenvalue weighted by Crippen LogP contribution is -2.03. The quantitative estimate of drug-likeness (QED) is 0.458. The first-order valence-corrected chi connectivity index (χ1v) is 8.78. The topological polar surface area (TPSA) is 115 Å². The van der Waals surface area contributed by atoms with Crippen molar-refractivity contribution in [3.63, 3.8) is 0 Å². The van der Waals surface area contributed by atoms with Crippen LogP contribution in [-0.2, 0) is 9.53 Å². The number of aryl methyl sites for hydroxylation is 1. The SMILES string of the molecule is CO/C=C(/C(=O)O)c1ccccc1Oc1cc(Oc2ccccc2C#N)nc(C)n1. The highest BCUT2D eigenvalue weighted by atomic mass is 16.5. The molecule has 0 amide bonds. The average molecular weight is 403 g/mol.